The van der Waals surface area contributed by atoms with E-state index in [1.54, 1.807) is 11.3 Å². The molecule has 1 heterocycles. The van der Waals surface area contributed by atoms with E-state index in [-0.39, 0.29) is 0 Å². The van der Waals surface area contributed by atoms with Gasteiger partial charge in [-0.25, -0.2) is 0 Å². The molecule has 1 rings (SSSR count). The van der Waals surface area contributed by atoms with Gasteiger partial charge in [-0.2, -0.15) is 0 Å². The molecule has 1 aromatic rings. The van der Waals surface area contributed by atoms with Crippen LogP contribution >= 0.6 is 34.9 Å². The van der Waals surface area contributed by atoms with Gasteiger partial charge in [-0.05, 0) is 24.9 Å². The van der Waals surface area contributed by atoms with Crippen LogP contribution in [0.3, 0.4) is 0 Å². The van der Waals surface area contributed by atoms with Crippen LogP contribution in [0, 0.1) is 6.92 Å². The summed E-state index contributed by atoms with van der Waals surface area (Å²) >= 11 is 8.52. The van der Waals surface area contributed by atoms with Gasteiger partial charge in [-0.1, -0.05) is 11.6 Å². The molecular weight excluding hydrogens is 174 g/mol. The zero-order chi connectivity index (χ0) is 6.85. The monoisotopic (exact) mass is 179 g/mol. The Morgan fingerprint density at radius 2 is 2.44 bits per heavy atom. The maximum atomic E-state index is 5.76. The van der Waals surface area contributed by atoms with Crippen molar-refractivity contribution in [1.29, 1.82) is 0 Å². The van der Waals surface area contributed by atoms with Gasteiger partial charge in [-0.3, -0.25) is 5.14 Å². The molecule has 4 heteroatoms. The third-order valence-corrected chi connectivity index (χ3v) is 3.00. The van der Waals surface area contributed by atoms with E-state index in [0.29, 0.717) is 0 Å². The molecule has 1 aromatic heterocycles. The number of nitrogens with two attached hydrogens (primary N) is 1. The molecule has 0 aliphatic heterocycles. The molecule has 0 radical (unpaired) electrons. The Balaban J connectivity index is 3.01. The van der Waals surface area contributed by atoms with E-state index >= 15 is 0 Å². The summed E-state index contributed by atoms with van der Waals surface area (Å²) in [5.74, 6) is 0. The predicted molar refractivity (Wildman–Crippen MR) is 44.1 cm³/mol. The highest BCUT2D eigenvalue weighted by atomic mass is 35.5. The molecule has 0 atom stereocenters. The SMILES string of the molecule is Cc1cc(SN)c(Cl)s1. The van der Waals surface area contributed by atoms with Crippen molar-refractivity contribution in [3.8, 4) is 0 Å². The molecule has 0 unspecified atom stereocenters. The molecule has 0 saturated heterocycles. The van der Waals surface area contributed by atoms with Crippen molar-refractivity contribution in [2.45, 2.75) is 11.8 Å². The van der Waals surface area contributed by atoms with Crippen molar-refractivity contribution in [2.75, 3.05) is 0 Å². The topological polar surface area (TPSA) is 26.0 Å². The molecule has 0 fully saturated rings. The molecule has 0 aliphatic carbocycles. The lowest BCUT2D eigenvalue weighted by Crippen LogP contribution is -1.74. The summed E-state index contributed by atoms with van der Waals surface area (Å²) in [5.41, 5.74) is 0. The van der Waals surface area contributed by atoms with Crippen LogP contribution in [0.15, 0.2) is 11.0 Å². The van der Waals surface area contributed by atoms with E-state index in [1.807, 2.05) is 13.0 Å². The molecule has 50 valence electrons. The van der Waals surface area contributed by atoms with E-state index in [2.05, 4.69) is 0 Å². The van der Waals surface area contributed by atoms with Gasteiger partial charge >= 0.3 is 0 Å². The van der Waals surface area contributed by atoms with Crippen molar-refractivity contribution in [3.05, 3.63) is 15.3 Å². The third kappa shape index (κ3) is 1.61. The lowest BCUT2D eigenvalue weighted by atomic mass is 10.5. The Morgan fingerprint density at radius 1 is 1.78 bits per heavy atom. The second-order valence-electron chi connectivity index (χ2n) is 1.61. The van der Waals surface area contributed by atoms with Crippen molar-refractivity contribution >= 4 is 34.9 Å². The second-order valence-corrected chi connectivity index (χ2v) is 4.15. The van der Waals surface area contributed by atoms with Gasteiger partial charge < -0.3 is 0 Å². The fraction of sp³-hybridized carbons (Fsp3) is 0.200. The minimum Gasteiger partial charge on any atom is -0.274 e. The van der Waals surface area contributed by atoms with Gasteiger partial charge in [0.25, 0.3) is 0 Å². The highest BCUT2D eigenvalue weighted by Crippen LogP contribution is 2.31. The summed E-state index contributed by atoms with van der Waals surface area (Å²) < 4.78 is 0.792. The van der Waals surface area contributed by atoms with E-state index in [9.17, 15) is 0 Å². The molecule has 1 nitrogen and oxygen atoms in total. The largest absolute Gasteiger partial charge is 0.274 e. The minimum absolute atomic E-state index is 0.792. The first kappa shape index (κ1) is 7.41. The number of aryl methyl sites for hydroxylation is 1. The quantitative estimate of drug-likeness (QED) is 0.671. The van der Waals surface area contributed by atoms with E-state index < -0.39 is 0 Å². The van der Waals surface area contributed by atoms with Gasteiger partial charge in [0.15, 0.2) is 0 Å². The summed E-state index contributed by atoms with van der Waals surface area (Å²) in [6.45, 7) is 2.01. The van der Waals surface area contributed by atoms with Gasteiger partial charge in [0, 0.05) is 4.88 Å². The number of rotatable bonds is 1. The maximum Gasteiger partial charge on any atom is 0.108 e. The first-order valence-corrected chi connectivity index (χ1v) is 4.44. The summed E-state index contributed by atoms with van der Waals surface area (Å²) in [7, 11) is 0. The fourth-order valence-corrected chi connectivity index (χ4v) is 2.40. The summed E-state index contributed by atoms with van der Waals surface area (Å²) in [6.07, 6.45) is 0. The molecule has 0 aliphatic rings. The minimum atomic E-state index is 0.792. The number of hydrogen-bond acceptors (Lipinski definition) is 3. The van der Waals surface area contributed by atoms with Gasteiger partial charge in [-0.15, -0.1) is 11.3 Å². The highest BCUT2D eigenvalue weighted by molar-refractivity contribution is 7.97. The van der Waals surface area contributed by atoms with Gasteiger partial charge in [0.2, 0.25) is 0 Å². The second kappa shape index (κ2) is 2.92. The molecule has 0 aromatic carbocycles. The first-order chi connectivity index (χ1) is 4.24. The molecule has 2 N–H and O–H groups in total. The average Bonchev–Trinajstić information content (AvgIpc) is 2.10. The van der Waals surface area contributed by atoms with Crippen LogP contribution < -0.4 is 5.14 Å². The summed E-state index contributed by atoms with van der Waals surface area (Å²) in [4.78, 5) is 2.17. The maximum absolute atomic E-state index is 5.76. The zero-order valence-corrected chi connectivity index (χ0v) is 7.24. The zero-order valence-electron chi connectivity index (χ0n) is 4.85. The normalized spacial score (nSPS) is 10.1. The summed E-state index contributed by atoms with van der Waals surface area (Å²) in [5, 5.41) is 5.30. The highest BCUT2D eigenvalue weighted by Gasteiger charge is 2.01. The van der Waals surface area contributed by atoms with Crippen LogP contribution in [-0.4, -0.2) is 0 Å². The van der Waals surface area contributed by atoms with Crippen LogP contribution in [0.2, 0.25) is 4.34 Å². The Morgan fingerprint density at radius 3 is 2.67 bits per heavy atom. The standard InChI is InChI=1S/C5H6ClNS2/c1-3-2-4(9-7)5(6)8-3/h2H,7H2,1H3. The molecule has 0 spiro atoms. The van der Waals surface area contributed by atoms with E-state index in [1.165, 1.54) is 16.8 Å². The van der Waals surface area contributed by atoms with Crippen LogP contribution in [0.25, 0.3) is 0 Å². The van der Waals surface area contributed by atoms with Crippen molar-refractivity contribution < 1.29 is 0 Å². The first-order valence-electron chi connectivity index (χ1n) is 2.36. The molecule has 0 bridgehead atoms. The molecule has 0 amide bonds. The lowest BCUT2D eigenvalue weighted by Gasteiger charge is -1.84. The number of hydrogen-bond donors (Lipinski definition) is 1. The third-order valence-electron chi connectivity index (χ3n) is 0.906. The van der Waals surface area contributed by atoms with Crippen LogP contribution in [0.1, 0.15) is 4.88 Å². The van der Waals surface area contributed by atoms with Crippen LogP contribution in [0.4, 0.5) is 0 Å². The predicted octanol–water partition coefficient (Wildman–Crippen LogP) is 2.68. The average molecular weight is 180 g/mol. The molecule has 9 heavy (non-hydrogen) atoms. The fourth-order valence-electron chi connectivity index (χ4n) is 0.543. The van der Waals surface area contributed by atoms with E-state index in [4.69, 9.17) is 16.7 Å². The Bertz CT molecular complexity index is 209. The number of halogens is 1. The molecular formula is C5H6ClNS2. The Labute approximate surface area is 67.3 Å². The van der Waals surface area contributed by atoms with Crippen molar-refractivity contribution in [1.82, 2.24) is 0 Å². The molecule has 0 saturated carbocycles. The van der Waals surface area contributed by atoms with Crippen molar-refractivity contribution in [3.63, 3.8) is 0 Å². The summed E-state index contributed by atoms with van der Waals surface area (Å²) in [6, 6.07) is 1.98. The van der Waals surface area contributed by atoms with Gasteiger partial charge in [0.05, 0.1) is 4.90 Å². The number of thiophene rings is 1. The van der Waals surface area contributed by atoms with Gasteiger partial charge in [0.1, 0.15) is 4.34 Å². The van der Waals surface area contributed by atoms with E-state index in [0.717, 1.165) is 9.23 Å². The Hall–Kier alpha value is 0.300. The van der Waals surface area contributed by atoms with Crippen LogP contribution in [-0.2, 0) is 0 Å². The van der Waals surface area contributed by atoms with Crippen molar-refractivity contribution in [2.24, 2.45) is 5.14 Å². The van der Waals surface area contributed by atoms with Crippen LogP contribution in [0.5, 0.6) is 0 Å². The Kier molecular flexibility index (Phi) is 2.41. The lowest BCUT2D eigenvalue weighted by molar-refractivity contribution is 1.51. The smallest absolute Gasteiger partial charge is 0.108 e.